The van der Waals surface area contributed by atoms with E-state index in [2.05, 4.69) is 48.3 Å². The molecule has 1 aromatic heterocycles. The number of pyridine rings is 1. The molecule has 0 atom stereocenters. The lowest BCUT2D eigenvalue weighted by atomic mass is 10.0. The van der Waals surface area contributed by atoms with Crippen LogP contribution in [0.5, 0.6) is 0 Å². The summed E-state index contributed by atoms with van der Waals surface area (Å²) in [5.41, 5.74) is 6.95. The molecule has 0 aliphatic heterocycles. The second kappa shape index (κ2) is 4.17. The van der Waals surface area contributed by atoms with E-state index in [1.807, 2.05) is 12.4 Å². The number of hydrogen-bond acceptors (Lipinski definition) is 1. The fraction of sp³-hybridized carbons (Fsp3) is 0.188. The molecule has 1 heteroatoms. The van der Waals surface area contributed by atoms with E-state index in [-0.39, 0.29) is 0 Å². The smallest absolute Gasteiger partial charge is 0.0273 e. The molecule has 1 nitrogen and oxygen atoms in total. The van der Waals surface area contributed by atoms with E-state index in [0.29, 0.717) is 0 Å². The molecular weight excluding hydrogens is 206 g/mol. The molecule has 0 unspecified atom stereocenters. The van der Waals surface area contributed by atoms with Crippen molar-refractivity contribution in [3.05, 3.63) is 65.0 Å². The van der Waals surface area contributed by atoms with Crippen LogP contribution in [0.2, 0.25) is 0 Å². The average Bonchev–Trinajstić information content (AvgIpc) is 2.73. The maximum Gasteiger partial charge on any atom is 0.0273 e. The largest absolute Gasteiger partial charge is 0.265 e. The molecule has 0 N–H and O–H groups in total. The van der Waals surface area contributed by atoms with Gasteiger partial charge in [-0.2, -0.15) is 0 Å². The first kappa shape index (κ1) is 10.3. The summed E-state index contributed by atoms with van der Waals surface area (Å²) in [7, 11) is 0. The van der Waals surface area contributed by atoms with Crippen molar-refractivity contribution in [1.29, 1.82) is 0 Å². The summed E-state index contributed by atoms with van der Waals surface area (Å²) in [4.78, 5) is 4.05. The number of allylic oxidation sites excluding steroid dienone is 1. The minimum atomic E-state index is 1.15. The van der Waals surface area contributed by atoms with Crippen LogP contribution in [0.25, 0.3) is 11.6 Å². The van der Waals surface area contributed by atoms with Crippen LogP contribution in [0, 0.1) is 6.92 Å². The fourth-order valence-corrected chi connectivity index (χ4v) is 2.42. The number of aromatic nitrogens is 1. The van der Waals surface area contributed by atoms with E-state index in [9.17, 15) is 0 Å². The van der Waals surface area contributed by atoms with Crippen LogP contribution in [0.3, 0.4) is 0 Å². The number of aryl methyl sites for hydroxylation is 2. The molecule has 0 saturated heterocycles. The number of fused-ring (bicyclic) bond motifs is 1. The van der Waals surface area contributed by atoms with Gasteiger partial charge in [0.2, 0.25) is 0 Å². The van der Waals surface area contributed by atoms with Crippen molar-refractivity contribution in [3.8, 4) is 0 Å². The number of nitrogens with zero attached hydrogens (tertiary/aromatic N) is 1. The molecule has 0 fully saturated rings. The van der Waals surface area contributed by atoms with Crippen molar-refractivity contribution in [1.82, 2.24) is 4.98 Å². The molecule has 1 aromatic carbocycles. The van der Waals surface area contributed by atoms with Crippen LogP contribution in [0.1, 0.15) is 28.7 Å². The highest BCUT2D eigenvalue weighted by Gasteiger charge is 2.15. The van der Waals surface area contributed by atoms with E-state index in [0.717, 1.165) is 6.42 Å². The van der Waals surface area contributed by atoms with Crippen LogP contribution >= 0.6 is 0 Å². The third-order valence-corrected chi connectivity index (χ3v) is 3.32. The first-order valence-electron chi connectivity index (χ1n) is 6.03. The SMILES string of the molecule is Cc1ccc2c(c1)/C(=C\c1ccncc1)CC2. The summed E-state index contributed by atoms with van der Waals surface area (Å²) in [5, 5.41) is 0. The Morgan fingerprint density at radius 2 is 1.88 bits per heavy atom. The van der Waals surface area contributed by atoms with E-state index in [1.54, 1.807) is 0 Å². The minimum Gasteiger partial charge on any atom is -0.265 e. The summed E-state index contributed by atoms with van der Waals surface area (Å²) in [6.07, 6.45) is 8.30. The van der Waals surface area contributed by atoms with Crippen molar-refractivity contribution in [2.75, 3.05) is 0 Å². The Labute approximate surface area is 102 Å². The Hall–Kier alpha value is -1.89. The summed E-state index contributed by atoms with van der Waals surface area (Å²) >= 11 is 0. The first-order chi connectivity index (χ1) is 8.33. The summed E-state index contributed by atoms with van der Waals surface area (Å²) in [6.45, 7) is 2.16. The molecule has 1 heterocycles. The van der Waals surface area contributed by atoms with Gasteiger partial charge in [0.25, 0.3) is 0 Å². The summed E-state index contributed by atoms with van der Waals surface area (Å²) in [6, 6.07) is 10.9. The van der Waals surface area contributed by atoms with Crippen LogP contribution < -0.4 is 0 Å². The van der Waals surface area contributed by atoms with Crippen LogP contribution in [-0.2, 0) is 6.42 Å². The van der Waals surface area contributed by atoms with Gasteiger partial charge in [0, 0.05) is 12.4 Å². The van der Waals surface area contributed by atoms with Gasteiger partial charge in [0.15, 0.2) is 0 Å². The topological polar surface area (TPSA) is 12.9 Å². The molecule has 1 aliphatic rings. The average molecular weight is 221 g/mol. The van der Waals surface area contributed by atoms with Crippen molar-refractivity contribution < 1.29 is 0 Å². The highest BCUT2D eigenvalue weighted by molar-refractivity contribution is 5.85. The maximum atomic E-state index is 4.05. The zero-order chi connectivity index (χ0) is 11.7. The number of benzene rings is 1. The van der Waals surface area contributed by atoms with Crippen molar-refractivity contribution in [2.45, 2.75) is 19.8 Å². The highest BCUT2D eigenvalue weighted by Crippen LogP contribution is 2.34. The zero-order valence-corrected chi connectivity index (χ0v) is 9.98. The van der Waals surface area contributed by atoms with E-state index in [4.69, 9.17) is 0 Å². The van der Waals surface area contributed by atoms with Crippen molar-refractivity contribution in [3.63, 3.8) is 0 Å². The molecule has 1 aliphatic carbocycles. The molecule has 84 valence electrons. The van der Waals surface area contributed by atoms with Gasteiger partial charge in [0.05, 0.1) is 0 Å². The predicted octanol–water partition coefficient (Wildman–Crippen LogP) is 3.88. The van der Waals surface area contributed by atoms with Gasteiger partial charge in [-0.1, -0.05) is 29.8 Å². The Kier molecular flexibility index (Phi) is 2.52. The van der Waals surface area contributed by atoms with Crippen LogP contribution in [0.4, 0.5) is 0 Å². The fourth-order valence-electron chi connectivity index (χ4n) is 2.42. The summed E-state index contributed by atoms with van der Waals surface area (Å²) < 4.78 is 0. The molecule has 2 aromatic rings. The van der Waals surface area contributed by atoms with Crippen LogP contribution in [-0.4, -0.2) is 4.98 Å². The van der Waals surface area contributed by atoms with Gasteiger partial charge in [-0.3, -0.25) is 4.98 Å². The van der Waals surface area contributed by atoms with Crippen molar-refractivity contribution >= 4 is 11.6 Å². The normalized spacial score (nSPS) is 16.2. The lowest BCUT2D eigenvalue weighted by Crippen LogP contribution is -1.83. The lowest BCUT2D eigenvalue weighted by Gasteiger charge is -2.03. The van der Waals surface area contributed by atoms with Gasteiger partial charge in [-0.15, -0.1) is 0 Å². The molecular formula is C16H15N. The summed E-state index contributed by atoms with van der Waals surface area (Å²) in [5.74, 6) is 0. The van der Waals surface area contributed by atoms with E-state index >= 15 is 0 Å². The second-order valence-corrected chi connectivity index (χ2v) is 4.61. The molecule has 0 saturated carbocycles. The monoisotopic (exact) mass is 221 g/mol. The molecule has 3 rings (SSSR count). The highest BCUT2D eigenvalue weighted by atomic mass is 14.6. The Morgan fingerprint density at radius 1 is 1.06 bits per heavy atom. The van der Waals surface area contributed by atoms with Gasteiger partial charge >= 0.3 is 0 Å². The van der Waals surface area contributed by atoms with Gasteiger partial charge in [0.1, 0.15) is 0 Å². The second-order valence-electron chi connectivity index (χ2n) is 4.61. The Morgan fingerprint density at radius 3 is 2.71 bits per heavy atom. The minimum absolute atomic E-state index is 1.15. The molecule has 0 bridgehead atoms. The molecule has 17 heavy (non-hydrogen) atoms. The van der Waals surface area contributed by atoms with Crippen molar-refractivity contribution in [2.24, 2.45) is 0 Å². The maximum absolute atomic E-state index is 4.05. The predicted molar refractivity (Wildman–Crippen MR) is 71.6 cm³/mol. The Balaban J connectivity index is 2.04. The number of hydrogen-bond donors (Lipinski definition) is 0. The van der Waals surface area contributed by atoms with Gasteiger partial charge in [-0.25, -0.2) is 0 Å². The first-order valence-corrected chi connectivity index (χ1v) is 6.03. The van der Waals surface area contributed by atoms with Crippen LogP contribution in [0.15, 0.2) is 42.7 Å². The third-order valence-electron chi connectivity index (χ3n) is 3.32. The quantitative estimate of drug-likeness (QED) is 0.712. The molecule has 0 radical (unpaired) electrons. The van der Waals surface area contributed by atoms with E-state index in [1.165, 1.54) is 34.2 Å². The molecule has 0 spiro atoms. The third kappa shape index (κ3) is 2.01. The Bertz CT molecular complexity index is 567. The zero-order valence-electron chi connectivity index (χ0n) is 9.98. The standard InChI is InChI=1S/C16H15N/c1-12-2-3-14-4-5-15(16(14)10-12)11-13-6-8-17-9-7-13/h2-3,6-11H,4-5H2,1H3/b15-11-. The van der Waals surface area contributed by atoms with Gasteiger partial charge < -0.3 is 0 Å². The van der Waals surface area contributed by atoms with E-state index < -0.39 is 0 Å². The van der Waals surface area contributed by atoms with Gasteiger partial charge in [-0.05, 0) is 54.2 Å². The molecule has 0 amide bonds. The lowest BCUT2D eigenvalue weighted by molar-refractivity contribution is 1.08. The number of rotatable bonds is 1.